The van der Waals surface area contributed by atoms with Crippen LogP contribution in [0.3, 0.4) is 0 Å². The van der Waals surface area contributed by atoms with Gasteiger partial charge in [-0.15, -0.1) is 0 Å². The Kier molecular flexibility index (Phi) is 8.58. The molecule has 2 aliphatic carbocycles. The van der Waals surface area contributed by atoms with Gasteiger partial charge in [0.15, 0.2) is 5.84 Å². The molecule has 0 N–H and O–H groups in total. The van der Waals surface area contributed by atoms with Gasteiger partial charge in [-0.2, -0.15) is 0 Å². The predicted molar refractivity (Wildman–Crippen MR) is 251 cm³/mol. The Morgan fingerprint density at radius 1 is 0.424 bits per heavy atom. The lowest BCUT2D eigenvalue weighted by atomic mass is 9.63. The van der Waals surface area contributed by atoms with Crippen LogP contribution in [0.4, 0.5) is 0 Å². The van der Waals surface area contributed by atoms with E-state index in [2.05, 4.69) is 205 Å². The van der Waals surface area contributed by atoms with Crippen LogP contribution in [0.2, 0.25) is 0 Å². The second-order valence-corrected chi connectivity index (χ2v) is 17.1. The molecule has 2 aliphatic rings. The third-order valence-corrected chi connectivity index (χ3v) is 12.8. The van der Waals surface area contributed by atoms with Crippen LogP contribution in [0.25, 0.3) is 61.0 Å². The maximum Gasteiger partial charge on any atom is 0.160 e. The Balaban J connectivity index is 1.08. The van der Waals surface area contributed by atoms with Crippen molar-refractivity contribution in [2.75, 3.05) is 0 Å². The molecule has 0 aromatic heterocycles. The Hall–Kier alpha value is -6.90. The second kappa shape index (κ2) is 13.9. The first-order chi connectivity index (χ1) is 28.6. The van der Waals surface area contributed by atoms with Crippen molar-refractivity contribution < 1.29 is 0 Å². The zero-order valence-electron chi connectivity index (χ0n) is 34.3. The smallest absolute Gasteiger partial charge is 0.160 e. The monoisotopic (exact) mass is 758 g/mol. The first-order valence-corrected chi connectivity index (χ1v) is 20.6. The van der Waals surface area contributed by atoms with E-state index in [1.54, 1.807) is 0 Å². The lowest BCUT2D eigenvalue weighted by molar-refractivity contribution is 0.591. The minimum atomic E-state index is -0.273. The van der Waals surface area contributed by atoms with Crippen molar-refractivity contribution in [3.8, 4) is 44.5 Å². The Morgan fingerprint density at radius 2 is 0.915 bits per heavy atom. The average molecular weight is 759 g/mol. The summed E-state index contributed by atoms with van der Waals surface area (Å²) < 4.78 is 0. The van der Waals surface area contributed by atoms with E-state index in [-0.39, 0.29) is 10.8 Å². The van der Waals surface area contributed by atoms with Crippen molar-refractivity contribution in [1.29, 1.82) is 0 Å². The first-order valence-electron chi connectivity index (χ1n) is 20.6. The van der Waals surface area contributed by atoms with Crippen molar-refractivity contribution in [1.82, 2.24) is 0 Å². The lowest BCUT2D eigenvalue weighted by Crippen LogP contribution is -2.29. The number of amidine groups is 1. The summed E-state index contributed by atoms with van der Waals surface area (Å²) in [6.07, 6.45) is 0. The fraction of sp³-hybridized carbons (Fsp3) is 0.123. The fourth-order valence-corrected chi connectivity index (χ4v) is 9.73. The normalized spacial score (nSPS) is 14.7. The van der Waals surface area contributed by atoms with Crippen LogP contribution < -0.4 is 0 Å². The molecule has 0 radical (unpaired) electrons. The summed E-state index contributed by atoms with van der Waals surface area (Å²) in [7, 11) is 0. The molecule has 0 spiro atoms. The molecule has 59 heavy (non-hydrogen) atoms. The van der Waals surface area contributed by atoms with Crippen molar-refractivity contribution in [3.05, 3.63) is 221 Å². The summed E-state index contributed by atoms with van der Waals surface area (Å²) in [4.78, 5) is 10.6. The standard InChI is InChI=1S/C57H46N2/c1-36(38-23-27-42(28-24-38)40-15-9-7-10-16-40)58-55(59-37(2)39-25-29-43(30-26-39)41-17-11-8-12-18-41)45-31-32-46-48-33-34-49-47-21-13-19-44-20-14-22-50(52(44)47)56(3,4)54(49)53(48)57(5,6)51(46)35-45/h7-35H,1H2,2-6H3. The van der Waals surface area contributed by atoms with E-state index >= 15 is 0 Å². The first kappa shape index (κ1) is 36.4. The van der Waals surface area contributed by atoms with Gasteiger partial charge in [-0.25, -0.2) is 9.98 Å². The molecule has 10 rings (SSSR count). The van der Waals surface area contributed by atoms with Gasteiger partial charge in [0.1, 0.15) is 0 Å². The molecule has 0 atom stereocenters. The molecule has 0 saturated carbocycles. The summed E-state index contributed by atoms with van der Waals surface area (Å²) in [6, 6.07) is 63.2. The molecular weight excluding hydrogens is 713 g/mol. The summed E-state index contributed by atoms with van der Waals surface area (Å²) in [5.41, 5.74) is 19.6. The molecule has 0 aliphatic heterocycles. The maximum absolute atomic E-state index is 5.32. The number of hydrogen-bond donors (Lipinski definition) is 0. The highest BCUT2D eigenvalue weighted by Gasteiger charge is 2.44. The van der Waals surface area contributed by atoms with Gasteiger partial charge in [0, 0.05) is 22.1 Å². The molecule has 8 aromatic carbocycles. The SMILES string of the molecule is C=C(N=C(N=C(C)c1ccc(-c2ccccc2)cc1)c1ccc2c(c1)C(C)(C)c1c-2ccc2c1C(C)(C)c1cccc3cccc-2c13)c1ccc(-c2ccccc2)cc1. The van der Waals surface area contributed by atoms with Crippen LogP contribution in [0.15, 0.2) is 192 Å². The molecule has 0 saturated heterocycles. The van der Waals surface area contributed by atoms with Crippen LogP contribution in [0.1, 0.15) is 73.6 Å². The molecule has 0 amide bonds. The lowest BCUT2D eigenvalue weighted by Gasteiger charge is -2.39. The van der Waals surface area contributed by atoms with E-state index in [0.717, 1.165) is 28.0 Å². The van der Waals surface area contributed by atoms with E-state index in [9.17, 15) is 0 Å². The Labute approximate surface area is 348 Å². The zero-order valence-corrected chi connectivity index (χ0v) is 34.3. The topological polar surface area (TPSA) is 24.7 Å². The largest absolute Gasteiger partial charge is 0.233 e. The number of rotatable bonds is 6. The number of fused-ring (bicyclic) bond motifs is 6. The Bertz CT molecular complexity index is 3010. The van der Waals surface area contributed by atoms with Crippen LogP contribution >= 0.6 is 0 Å². The predicted octanol–water partition coefficient (Wildman–Crippen LogP) is 14.7. The molecule has 0 fully saturated rings. The molecule has 0 heterocycles. The maximum atomic E-state index is 5.32. The number of benzene rings is 8. The molecule has 8 aromatic rings. The van der Waals surface area contributed by atoms with Crippen LogP contribution in [-0.2, 0) is 10.8 Å². The molecule has 2 nitrogen and oxygen atoms in total. The van der Waals surface area contributed by atoms with E-state index < -0.39 is 0 Å². The van der Waals surface area contributed by atoms with Gasteiger partial charge in [0.2, 0.25) is 0 Å². The fourth-order valence-electron chi connectivity index (χ4n) is 9.73. The molecule has 284 valence electrons. The summed E-state index contributed by atoms with van der Waals surface area (Å²) in [6.45, 7) is 16.2. The van der Waals surface area contributed by atoms with Gasteiger partial charge in [-0.3, -0.25) is 0 Å². The number of hydrogen-bond acceptors (Lipinski definition) is 1. The molecule has 0 bridgehead atoms. The van der Waals surface area contributed by atoms with Crippen molar-refractivity contribution in [2.45, 2.75) is 45.4 Å². The minimum Gasteiger partial charge on any atom is -0.233 e. The molecule has 0 unspecified atom stereocenters. The van der Waals surface area contributed by atoms with Gasteiger partial charge in [0.05, 0.1) is 5.70 Å². The number of aliphatic imine (C=N–C) groups is 2. The van der Waals surface area contributed by atoms with Crippen molar-refractivity contribution in [3.63, 3.8) is 0 Å². The Morgan fingerprint density at radius 3 is 1.53 bits per heavy atom. The zero-order chi connectivity index (χ0) is 40.5. The van der Waals surface area contributed by atoms with Gasteiger partial charge in [-0.05, 0) is 102 Å². The highest BCUT2D eigenvalue weighted by molar-refractivity contribution is 6.13. The summed E-state index contributed by atoms with van der Waals surface area (Å²) >= 11 is 0. The van der Waals surface area contributed by atoms with Crippen LogP contribution in [-0.4, -0.2) is 11.5 Å². The van der Waals surface area contributed by atoms with Gasteiger partial charge >= 0.3 is 0 Å². The van der Waals surface area contributed by atoms with Crippen molar-refractivity contribution >= 4 is 28.0 Å². The highest BCUT2D eigenvalue weighted by atomic mass is 14.9. The third kappa shape index (κ3) is 6.02. The van der Waals surface area contributed by atoms with E-state index in [0.29, 0.717) is 11.5 Å². The minimum absolute atomic E-state index is 0.186. The van der Waals surface area contributed by atoms with E-state index in [4.69, 9.17) is 9.98 Å². The van der Waals surface area contributed by atoms with E-state index in [1.807, 2.05) is 12.1 Å². The third-order valence-electron chi connectivity index (χ3n) is 12.8. The van der Waals surface area contributed by atoms with Gasteiger partial charge in [0.25, 0.3) is 0 Å². The molecule has 2 heteroatoms. The van der Waals surface area contributed by atoms with Gasteiger partial charge in [-0.1, -0.05) is 204 Å². The second-order valence-electron chi connectivity index (χ2n) is 17.1. The highest BCUT2D eigenvalue weighted by Crippen LogP contribution is 2.58. The van der Waals surface area contributed by atoms with Crippen molar-refractivity contribution in [2.24, 2.45) is 9.98 Å². The summed E-state index contributed by atoms with van der Waals surface area (Å²) in [5.74, 6) is 0.643. The van der Waals surface area contributed by atoms with E-state index in [1.165, 1.54) is 72.0 Å². The van der Waals surface area contributed by atoms with Gasteiger partial charge < -0.3 is 0 Å². The summed E-state index contributed by atoms with van der Waals surface area (Å²) in [5, 5.41) is 2.68. The average Bonchev–Trinajstić information content (AvgIpc) is 3.50. The van der Waals surface area contributed by atoms with Crippen LogP contribution in [0, 0.1) is 0 Å². The van der Waals surface area contributed by atoms with Crippen LogP contribution in [0.5, 0.6) is 0 Å². The molecular formula is C57H46N2. The number of nitrogens with zero attached hydrogens (tertiary/aromatic N) is 2. The quantitative estimate of drug-likeness (QED) is 0.119.